The molecule has 0 unspecified atom stereocenters. The van der Waals surface area contributed by atoms with E-state index in [0.717, 1.165) is 5.56 Å². The molecule has 0 bridgehead atoms. The Kier molecular flexibility index (Phi) is 5.57. The van der Waals surface area contributed by atoms with Gasteiger partial charge in [-0.05, 0) is 34.9 Å². The van der Waals surface area contributed by atoms with Gasteiger partial charge in [-0.2, -0.15) is 0 Å². The summed E-state index contributed by atoms with van der Waals surface area (Å²) < 4.78 is 0. The van der Waals surface area contributed by atoms with Gasteiger partial charge < -0.3 is 15.1 Å². The van der Waals surface area contributed by atoms with E-state index in [1.54, 1.807) is 48.5 Å². The van der Waals surface area contributed by atoms with Crippen molar-refractivity contribution < 1.29 is 19.8 Å². The molecule has 1 heterocycles. The molecule has 3 atom stereocenters. The Morgan fingerprint density at radius 1 is 0.967 bits per heavy atom. The molecule has 0 aliphatic carbocycles. The Labute approximate surface area is 179 Å². The summed E-state index contributed by atoms with van der Waals surface area (Å²) in [5.74, 6) is -2.34. The number of aliphatic hydroxyl groups excluding tert-OH is 1. The molecule has 30 heavy (non-hydrogen) atoms. The van der Waals surface area contributed by atoms with Crippen LogP contribution in [0.15, 0.2) is 78.9 Å². The highest BCUT2D eigenvalue weighted by Gasteiger charge is 2.46. The van der Waals surface area contributed by atoms with Gasteiger partial charge in [0.1, 0.15) is 5.92 Å². The van der Waals surface area contributed by atoms with Crippen LogP contribution in [0.4, 0.5) is 0 Å². The van der Waals surface area contributed by atoms with Crippen LogP contribution in [0.25, 0.3) is 0 Å². The fourth-order valence-electron chi connectivity index (χ4n) is 4.20. The number of hydrogen-bond donors (Lipinski definition) is 2. The van der Waals surface area contributed by atoms with Crippen molar-refractivity contribution in [3.05, 3.63) is 106 Å². The zero-order valence-electron chi connectivity index (χ0n) is 16.0. The van der Waals surface area contributed by atoms with Crippen molar-refractivity contribution in [1.82, 2.24) is 4.90 Å². The molecule has 0 aromatic heterocycles. The van der Waals surface area contributed by atoms with E-state index in [2.05, 4.69) is 0 Å². The van der Waals surface area contributed by atoms with Gasteiger partial charge in [0.25, 0.3) is 5.91 Å². The number of aliphatic hydroxyl groups is 1. The third-order valence-electron chi connectivity index (χ3n) is 5.55. The van der Waals surface area contributed by atoms with Gasteiger partial charge in [0.15, 0.2) is 0 Å². The minimum absolute atomic E-state index is 0.314. The average Bonchev–Trinajstić information content (AvgIpc) is 2.76. The molecule has 6 heteroatoms. The quantitative estimate of drug-likeness (QED) is 0.638. The predicted octanol–water partition coefficient (Wildman–Crippen LogP) is 4.44. The van der Waals surface area contributed by atoms with Gasteiger partial charge in [0, 0.05) is 10.6 Å². The fraction of sp³-hybridized carbons (Fsp3) is 0.167. The van der Waals surface area contributed by atoms with Crippen molar-refractivity contribution >= 4 is 23.5 Å². The number of carbonyl (C=O) groups is 2. The van der Waals surface area contributed by atoms with E-state index in [0.29, 0.717) is 21.7 Å². The number of amides is 1. The highest BCUT2D eigenvalue weighted by Crippen LogP contribution is 2.46. The summed E-state index contributed by atoms with van der Waals surface area (Å²) in [5, 5.41) is 21.0. The Hall–Kier alpha value is -3.15. The maximum absolute atomic E-state index is 13.6. The Balaban J connectivity index is 1.95. The number of nitrogens with zero attached hydrogens (tertiary/aromatic N) is 1. The maximum Gasteiger partial charge on any atom is 0.313 e. The summed E-state index contributed by atoms with van der Waals surface area (Å²) in [6.07, 6.45) is 0. The van der Waals surface area contributed by atoms with E-state index < -0.39 is 24.0 Å². The third kappa shape index (κ3) is 3.47. The second kappa shape index (κ2) is 8.30. The average molecular weight is 422 g/mol. The second-order valence-electron chi connectivity index (χ2n) is 7.22. The van der Waals surface area contributed by atoms with E-state index in [-0.39, 0.29) is 12.5 Å². The maximum atomic E-state index is 13.6. The van der Waals surface area contributed by atoms with Crippen LogP contribution in [0.1, 0.15) is 45.0 Å². The number of carboxylic acid groups (broad SMARTS) is 1. The van der Waals surface area contributed by atoms with E-state index in [9.17, 15) is 19.8 Å². The van der Waals surface area contributed by atoms with Gasteiger partial charge in [-0.25, -0.2) is 0 Å². The smallest absolute Gasteiger partial charge is 0.313 e. The highest BCUT2D eigenvalue weighted by molar-refractivity contribution is 6.30. The van der Waals surface area contributed by atoms with E-state index in [4.69, 9.17) is 11.6 Å². The molecule has 3 aromatic carbocycles. The van der Waals surface area contributed by atoms with Crippen LogP contribution in [-0.4, -0.2) is 33.6 Å². The third-order valence-corrected chi connectivity index (χ3v) is 5.80. The summed E-state index contributed by atoms with van der Waals surface area (Å²) in [6, 6.07) is 21.2. The zero-order chi connectivity index (χ0) is 21.3. The molecule has 1 aliphatic rings. The molecule has 1 aliphatic heterocycles. The van der Waals surface area contributed by atoms with Crippen LogP contribution >= 0.6 is 11.6 Å². The number of fused-ring (bicyclic) bond motifs is 1. The van der Waals surface area contributed by atoms with Gasteiger partial charge in [0.05, 0.1) is 18.7 Å². The summed E-state index contributed by atoms with van der Waals surface area (Å²) in [5.41, 5.74) is 2.18. The zero-order valence-corrected chi connectivity index (χ0v) is 16.7. The molecule has 4 rings (SSSR count). The van der Waals surface area contributed by atoms with E-state index >= 15 is 0 Å². The van der Waals surface area contributed by atoms with Crippen molar-refractivity contribution in [3.8, 4) is 0 Å². The minimum atomic E-state index is -1.04. The van der Waals surface area contributed by atoms with E-state index in [1.807, 2.05) is 30.3 Å². The summed E-state index contributed by atoms with van der Waals surface area (Å²) in [6.45, 7) is -0.339. The summed E-state index contributed by atoms with van der Waals surface area (Å²) in [7, 11) is 0. The van der Waals surface area contributed by atoms with Crippen LogP contribution in [0.3, 0.4) is 0 Å². The first-order chi connectivity index (χ1) is 14.5. The largest absolute Gasteiger partial charge is 0.481 e. The molecule has 0 saturated heterocycles. The van der Waals surface area contributed by atoms with Gasteiger partial charge in [-0.1, -0.05) is 72.3 Å². The lowest BCUT2D eigenvalue weighted by Gasteiger charge is -2.44. The standard InChI is InChI=1S/C24H20ClNO4/c25-17-12-10-16(11-13-17)22-21(24(29)30)18-8-4-5-9-19(18)23(28)26(22)20(14-27)15-6-2-1-3-7-15/h1-13,20-22,27H,14H2,(H,29,30)/t20-,21+,22-/m1/s1. The SMILES string of the molecule is O=C(O)[C@H]1c2ccccc2C(=O)N([C@H](CO)c2ccccc2)[C@@H]1c1ccc(Cl)cc1. The Bertz CT molecular complexity index is 1070. The van der Waals surface area contributed by atoms with Gasteiger partial charge in [-0.3, -0.25) is 9.59 Å². The first-order valence-electron chi connectivity index (χ1n) is 9.58. The molecule has 5 nitrogen and oxygen atoms in total. The Morgan fingerprint density at radius 2 is 1.60 bits per heavy atom. The number of carboxylic acids is 1. The number of carbonyl (C=O) groups excluding carboxylic acids is 1. The van der Waals surface area contributed by atoms with Crippen LogP contribution in [0.2, 0.25) is 5.02 Å². The monoisotopic (exact) mass is 421 g/mol. The number of hydrogen-bond acceptors (Lipinski definition) is 3. The number of aliphatic carboxylic acids is 1. The fourth-order valence-corrected chi connectivity index (χ4v) is 4.33. The molecule has 2 N–H and O–H groups in total. The van der Waals surface area contributed by atoms with Gasteiger partial charge >= 0.3 is 5.97 Å². The van der Waals surface area contributed by atoms with Crippen molar-refractivity contribution in [1.29, 1.82) is 0 Å². The van der Waals surface area contributed by atoms with Crippen LogP contribution in [0.5, 0.6) is 0 Å². The molecule has 3 aromatic rings. The molecule has 0 radical (unpaired) electrons. The van der Waals surface area contributed by atoms with Gasteiger partial charge in [0.2, 0.25) is 0 Å². The topological polar surface area (TPSA) is 77.8 Å². The van der Waals surface area contributed by atoms with Crippen molar-refractivity contribution in [2.45, 2.75) is 18.0 Å². The lowest BCUT2D eigenvalue weighted by Crippen LogP contribution is -2.47. The van der Waals surface area contributed by atoms with Crippen molar-refractivity contribution in [2.75, 3.05) is 6.61 Å². The first kappa shape index (κ1) is 20.1. The molecular weight excluding hydrogens is 402 g/mol. The van der Waals surface area contributed by atoms with E-state index in [1.165, 1.54) is 4.90 Å². The summed E-state index contributed by atoms with van der Waals surface area (Å²) >= 11 is 6.04. The van der Waals surface area contributed by atoms with Crippen molar-refractivity contribution in [3.63, 3.8) is 0 Å². The number of benzene rings is 3. The van der Waals surface area contributed by atoms with Crippen LogP contribution < -0.4 is 0 Å². The molecule has 1 amide bonds. The van der Waals surface area contributed by atoms with Crippen LogP contribution in [0, 0.1) is 0 Å². The van der Waals surface area contributed by atoms with Crippen LogP contribution in [-0.2, 0) is 4.79 Å². The molecule has 152 valence electrons. The van der Waals surface area contributed by atoms with Crippen molar-refractivity contribution in [2.24, 2.45) is 0 Å². The highest BCUT2D eigenvalue weighted by atomic mass is 35.5. The predicted molar refractivity (Wildman–Crippen MR) is 113 cm³/mol. The Morgan fingerprint density at radius 3 is 2.23 bits per heavy atom. The number of halogens is 1. The lowest BCUT2D eigenvalue weighted by molar-refractivity contribution is -0.141. The molecule has 0 spiro atoms. The first-order valence-corrected chi connectivity index (χ1v) is 9.96. The molecule has 0 fully saturated rings. The van der Waals surface area contributed by atoms with Gasteiger partial charge in [-0.15, -0.1) is 0 Å². The number of rotatable bonds is 5. The molecule has 0 saturated carbocycles. The second-order valence-corrected chi connectivity index (χ2v) is 7.66. The summed E-state index contributed by atoms with van der Waals surface area (Å²) in [4.78, 5) is 27.5. The normalized spacial score (nSPS) is 19.3. The minimum Gasteiger partial charge on any atom is -0.481 e. The molecular formula is C24H20ClNO4. The lowest BCUT2D eigenvalue weighted by atomic mass is 9.78.